The summed E-state index contributed by atoms with van der Waals surface area (Å²) in [5.74, 6) is -0.257. The van der Waals surface area contributed by atoms with Gasteiger partial charge in [-0.15, -0.1) is 11.3 Å². The normalized spacial score (nSPS) is 14.2. The predicted molar refractivity (Wildman–Crippen MR) is 95.9 cm³/mol. The smallest absolute Gasteiger partial charge is 0.326 e. The number of urea groups is 1. The summed E-state index contributed by atoms with van der Waals surface area (Å²) in [5.41, 5.74) is 1.42. The standard InChI is InChI=1S/C17H20N4O3S/c1-24-10-7-18-15(22)14-12-25-16(19-14)21-9-8-20(17(21)23)11-13-5-3-2-4-6-13/h2-6,12H,7-11H2,1H3,(H,18,22). The lowest BCUT2D eigenvalue weighted by molar-refractivity contribution is 0.0933. The summed E-state index contributed by atoms with van der Waals surface area (Å²) < 4.78 is 4.90. The number of aromatic nitrogens is 1. The van der Waals surface area contributed by atoms with Gasteiger partial charge in [-0.3, -0.25) is 9.69 Å². The second-order valence-corrected chi connectivity index (χ2v) is 6.44. The molecule has 1 aromatic heterocycles. The molecule has 2 aromatic rings. The first-order valence-electron chi connectivity index (χ1n) is 8.02. The quantitative estimate of drug-likeness (QED) is 0.766. The molecular formula is C17H20N4O3S. The Morgan fingerprint density at radius 3 is 2.88 bits per heavy atom. The van der Waals surface area contributed by atoms with E-state index in [1.165, 1.54) is 11.3 Å². The molecule has 1 saturated heterocycles. The molecule has 1 aliphatic rings. The van der Waals surface area contributed by atoms with Crippen molar-refractivity contribution in [1.29, 1.82) is 0 Å². The highest BCUT2D eigenvalue weighted by atomic mass is 32.1. The zero-order valence-electron chi connectivity index (χ0n) is 14.0. The van der Waals surface area contributed by atoms with Crippen molar-refractivity contribution in [3.8, 4) is 0 Å². The Bertz CT molecular complexity index is 735. The molecule has 0 radical (unpaired) electrons. The first-order valence-corrected chi connectivity index (χ1v) is 8.90. The van der Waals surface area contributed by atoms with E-state index in [1.807, 2.05) is 30.3 Å². The van der Waals surface area contributed by atoms with Crippen LogP contribution < -0.4 is 10.2 Å². The van der Waals surface area contributed by atoms with Crippen LogP contribution in [0.4, 0.5) is 9.93 Å². The second kappa shape index (κ2) is 8.09. The van der Waals surface area contributed by atoms with Crippen molar-refractivity contribution < 1.29 is 14.3 Å². The number of anilines is 1. The van der Waals surface area contributed by atoms with Crippen molar-refractivity contribution >= 4 is 28.4 Å². The molecule has 3 rings (SSSR count). The van der Waals surface area contributed by atoms with Gasteiger partial charge in [0.05, 0.1) is 6.61 Å². The summed E-state index contributed by atoms with van der Waals surface area (Å²) in [7, 11) is 1.58. The van der Waals surface area contributed by atoms with Gasteiger partial charge in [0.25, 0.3) is 5.91 Å². The van der Waals surface area contributed by atoms with Crippen LogP contribution >= 0.6 is 11.3 Å². The second-order valence-electron chi connectivity index (χ2n) is 5.61. The minimum Gasteiger partial charge on any atom is -0.383 e. The van der Waals surface area contributed by atoms with Gasteiger partial charge in [-0.2, -0.15) is 0 Å². The lowest BCUT2D eigenvalue weighted by Gasteiger charge is -2.16. The van der Waals surface area contributed by atoms with E-state index in [1.54, 1.807) is 22.3 Å². The van der Waals surface area contributed by atoms with Gasteiger partial charge in [-0.05, 0) is 5.56 Å². The van der Waals surface area contributed by atoms with Crippen molar-refractivity contribution in [2.45, 2.75) is 6.54 Å². The number of hydrogen-bond acceptors (Lipinski definition) is 5. The number of carbonyl (C=O) groups excluding carboxylic acids is 2. The Balaban J connectivity index is 1.61. The largest absolute Gasteiger partial charge is 0.383 e. The van der Waals surface area contributed by atoms with Gasteiger partial charge in [-0.1, -0.05) is 30.3 Å². The van der Waals surface area contributed by atoms with Gasteiger partial charge >= 0.3 is 6.03 Å². The number of benzene rings is 1. The van der Waals surface area contributed by atoms with Gasteiger partial charge < -0.3 is 15.0 Å². The molecule has 1 N–H and O–H groups in total. The lowest BCUT2D eigenvalue weighted by atomic mass is 10.2. The number of methoxy groups -OCH3 is 1. The van der Waals surface area contributed by atoms with E-state index < -0.39 is 0 Å². The zero-order valence-corrected chi connectivity index (χ0v) is 14.8. The molecule has 0 bridgehead atoms. The maximum Gasteiger partial charge on any atom is 0.326 e. The van der Waals surface area contributed by atoms with Crippen LogP contribution in [0.1, 0.15) is 16.1 Å². The van der Waals surface area contributed by atoms with Crippen molar-refractivity contribution in [1.82, 2.24) is 15.2 Å². The monoisotopic (exact) mass is 360 g/mol. The van der Waals surface area contributed by atoms with E-state index >= 15 is 0 Å². The first kappa shape index (κ1) is 17.4. The van der Waals surface area contributed by atoms with Gasteiger partial charge in [0.15, 0.2) is 5.13 Å². The number of amides is 3. The van der Waals surface area contributed by atoms with Crippen LogP contribution in [-0.2, 0) is 11.3 Å². The van der Waals surface area contributed by atoms with Crippen molar-refractivity contribution in [2.75, 3.05) is 38.3 Å². The highest BCUT2D eigenvalue weighted by Gasteiger charge is 2.31. The van der Waals surface area contributed by atoms with E-state index in [-0.39, 0.29) is 11.9 Å². The lowest BCUT2D eigenvalue weighted by Crippen LogP contribution is -2.31. The first-order chi connectivity index (χ1) is 12.2. The molecule has 0 unspecified atom stereocenters. The topological polar surface area (TPSA) is 74.8 Å². The Morgan fingerprint density at radius 2 is 2.12 bits per heavy atom. The van der Waals surface area contributed by atoms with Crippen LogP contribution in [0.15, 0.2) is 35.7 Å². The average Bonchev–Trinajstić information content (AvgIpc) is 3.24. The van der Waals surface area contributed by atoms with E-state index in [4.69, 9.17) is 4.74 Å². The summed E-state index contributed by atoms with van der Waals surface area (Å²) in [4.78, 5) is 32.3. The minimum absolute atomic E-state index is 0.0791. The summed E-state index contributed by atoms with van der Waals surface area (Å²) in [5, 5.41) is 4.95. The molecule has 0 spiro atoms. The molecule has 1 fully saturated rings. The van der Waals surface area contributed by atoms with E-state index in [0.717, 1.165) is 5.56 Å². The number of ether oxygens (including phenoxy) is 1. The van der Waals surface area contributed by atoms with E-state index in [2.05, 4.69) is 10.3 Å². The third-order valence-electron chi connectivity index (χ3n) is 3.86. The Morgan fingerprint density at radius 1 is 1.32 bits per heavy atom. The Hall–Kier alpha value is -2.45. The minimum atomic E-state index is -0.257. The Labute approximate surface area is 150 Å². The fraction of sp³-hybridized carbons (Fsp3) is 0.353. The molecule has 3 amide bonds. The van der Waals surface area contributed by atoms with Gasteiger partial charge in [0, 0.05) is 38.7 Å². The molecule has 7 nitrogen and oxygen atoms in total. The van der Waals surface area contributed by atoms with Crippen LogP contribution in [0.5, 0.6) is 0 Å². The fourth-order valence-corrected chi connectivity index (χ4v) is 3.38. The number of thiazole rings is 1. The number of carbonyl (C=O) groups is 2. The average molecular weight is 360 g/mol. The van der Waals surface area contributed by atoms with Crippen molar-refractivity contribution in [2.24, 2.45) is 0 Å². The number of hydrogen-bond donors (Lipinski definition) is 1. The van der Waals surface area contributed by atoms with Crippen LogP contribution in [0.25, 0.3) is 0 Å². The van der Waals surface area contributed by atoms with Crippen LogP contribution in [-0.4, -0.2) is 55.2 Å². The third-order valence-corrected chi connectivity index (χ3v) is 4.72. The molecule has 132 valence electrons. The highest BCUT2D eigenvalue weighted by molar-refractivity contribution is 7.14. The number of nitrogens with zero attached hydrogens (tertiary/aromatic N) is 3. The highest BCUT2D eigenvalue weighted by Crippen LogP contribution is 2.25. The molecule has 2 heterocycles. The zero-order chi connectivity index (χ0) is 17.6. The van der Waals surface area contributed by atoms with E-state index in [9.17, 15) is 9.59 Å². The molecule has 0 atom stereocenters. The van der Waals surface area contributed by atoms with Crippen LogP contribution in [0, 0.1) is 0 Å². The molecule has 0 aliphatic carbocycles. The predicted octanol–water partition coefficient (Wildman–Crippen LogP) is 1.96. The maximum atomic E-state index is 12.6. The van der Waals surface area contributed by atoms with Crippen molar-refractivity contribution in [3.05, 3.63) is 47.0 Å². The summed E-state index contributed by atoms with van der Waals surface area (Å²) in [6.07, 6.45) is 0. The fourth-order valence-electron chi connectivity index (χ4n) is 2.56. The van der Waals surface area contributed by atoms with Gasteiger partial charge in [-0.25, -0.2) is 9.78 Å². The summed E-state index contributed by atoms with van der Waals surface area (Å²) in [6, 6.07) is 9.80. The summed E-state index contributed by atoms with van der Waals surface area (Å²) >= 11 is 1.30. The van der Waals surface area contributed by atoms with Gasteiger partial charge in [0.1, 0.15) is 5.69 Å². The molecule has 0 saturated carbocycles. The van der Waals surface area contributed by atoms with Crippen LogP contribution in [0.2, 0.25) is 0 Å². The summed E-state index contributed by atoms with van der Waals surface area (Å²) in [6.45, 7) is 2.66. The maximum absolute atomic E-state index is 12.6. The van der Waals surface area contributed by atoms with Crippen LogP contribution in [0.3, 0.4) is 0 Å². The molecular weight excluding hydrogens is 340 g/mol. The SMILES string of the molecule is COCCNC(=O)c1csc(N2CCN(Cc3ccccc3)C2=O)n1. The number of rotatable bonds is 7. The molecule has 1 aliphatic heterocycles. The third kappa shape index (κ3) is 4.15. The molecule has 8 heteroatoms. The molecule has 25 heavy (non-hydrogen) atoms. The molecule has 1 aromatic carbocycles. The van der Waals surface area contributed by atoms with Crippen molar-refractivity contribution in [3.63, 3.8) is 0 Å². The van der Waals surface area contributed by atoms with Gasteiger partial charge in [0.2, 0.25) is 0 Å². The van der Waals surface area contributed by atoms with E-state index in [0.29, 0.717) is 43.6 Å². The number of nitrogens with one attached hydrogen (secondary N) is 1. The Kier molecular flexibility index (Phi) is 5.62.